The Morgan fingerprint density at radius 1 is 1.19 bits per heavy atom. The Bertz CT molecular complexity index is 900. The summed E-state index contributed by atoms with van der Waals surface area (Å²) in [6.45, 7) is 6.12. The van der Waals surface area contributed by atoms with E-state index < -0.39 is 5.97 Å². The molecule has 3 rings (SSSR count). The van der Waals surface area contributed by atoms with E-state index in [0.29, 0.717) is 6.42 Å². The smallest absolute Gasteiger partial charge is 0.328 e. The summed E-state index contributed by atoms with van der Waals surface area (Å²) in [6.07, 6.45) is 3.12. The summed E-state index contributed by atoms with van der Waals surface area (Å²) in [5.41, 5.74) is 5.45. The molecule has 0 saturated heterocycles. The molecule has 1 aliphatic rings. The monoisotopic (exact) mass is 521 g/mol. The summed E-state index contributed by atoms with van der Waals surface area (Å²) in [4.78, 5) is 22.6. The summed E-state index contributed by atoms with van der Waals surface area (Å²) < 4.78 is 0. The molecule has 0 fully saturated rings. The molecule has 2 aromatic carbocycles. The maximum Gasteiger partial charge on any atom is 0.328 e. The Labute approximate surface area is 167 Å². The van der Waals surface area contributed by atoms with Crippen molar-refractivity contribution < 1.29 is 35.1 Å². The van der Waals surface area contributed by atoms with Gasteiger partial charge in [-0.1, -0.05) is 49.7 Å². The standard InChI is InChI=1S/C21H21NO3.Re/c1-13-4-5-14(6-9-20(24)25)10-16(13)15-7-8-17-18(11-15)22-19(23)12-21(17,2)3;/h4-11H,12H2,1-3H3,(H2,22,23,24,25);/p-1/b9-6+;. The molecule has 1 aliphatic heterocycles. The zero-order chi connectivity index (χ0) is 18.2. The van der Waals surface area contributed by atoms with E-state index in [4.69, 9.17) is 5.11 Å². The number of carbonyl (C=O) groups excluding carboxylic acids is 1. The number of rotatable bonds is 3. The molecule has 1 amide bonds. The van der Waals surface area contributed by atoms with E-state index >= 15 is 0 Å². The largest absolute Gasteiger partial charge is 0.627 e. The van der Waals surface area contributed by atoms with Crippen LogP contribution in [0.2, 0.25) is 0 Å². The topological polar surface area (TPSA) is 68.5 Å². The first-order valence-corrected chi connectivity index (χ1v) is 8.17. The second-order valence-corrected chi connectivity index (χ2v) is 7.04. The van der Waals surface area contributed by atoms with Crippen molar-refractivity contribution >= 4 is 23.6 Å². The molecule has 0 saturated carbocycles. The van der Waals surface area contributed by atoms with Crippen molar-refractivity contribution in [3.63, 3.8) is 0 Å². The minimum atomic E-state index is -0.976. The number of aryl methyl sites for hydroxylation is 1. The van der Waals surface area contributed by atoms with Gasteiger partial charge in [0.25, 0.3) is 0 Å². The van der Waals surface area contributed by atoms with Crippen molar-refractivity contribution in [1.29, 1.82) is 0 Å². The molecule has 0 spiro atoms. The van der Waals surface area contributed by atoms with Crippen molar-refractivity contribution in [2.24, 2.45) is 0 Å². The van der Waals surface area contributed by atoms with Crippen molar-refractivity contribution in [3.05, 3.63) is 64.5 Å². The molecule has 0 atom stereocenters. The van der Waals surface area contributed by atoms with Gasteiger partial charge in [0.2, 0.25) is 0 Å². The molecule has 135 valence electrons. The third-order valence-corrected chi connectivity index (χ3v) is 4.56. The fourth-order valence-electron chi connectivity index (χ4n) is 3.23. The first-order valence-electron chi connectivity index (χ1n) is 8.17. The van der Waals surface area contributed by atoms with Crippen LogP contribution in [-0.4, -0.2) is 17.0 Å². The molecular formula is C21H20NO3Re-. The predicted molar refractivity (Wildman–Crippen MR) is 99.0 cm³/mol. The molecule has 2 aromatic rings. The zero-order valence-corrected chi connectivity index (χ0v) is 17.6. The van der Waals surface area contributed by atoms with Crippen molar-refractivity contribution in [2.45, 2.75) is 32.6 Å². The SMILES string of the molecule is Cc1ccc(/C=C/C(=O)O)cc1-c1ccc2c(c1)[N-]C(=O)CC2(C)C.[Re]. The molecule has 4 nitrogen and oxygen atoms in total. The third kappa shape index (κ3) is 4.12. The van der Waals surface area contributed by atoms with E-state index in [-0.39, 0.29) is 31.7 Å². The summed E-state index contributed by atoms with van der Waals surface area (Å²) in [7, 11) is 0. The van der Waals surface area contributed by atoms with Crippen molar-refractivity contribution in [1.82, 2.24) is 0 Å². The summed E-state index contributed by atoms with van der Waals surface area (Å²) in [6, 6.07) is 11.8. The second-order valence-electron chi connectivity index (χ2n) is 7.04. The first-order chi connectivity index (χ1) is 11.8. The van der Waals surface area contributed by atoms with Gasteiger partial charge in [0.1, 0.15) is 0 Å². The van der Waals surface area contributed by atoms with Gasteiger partial charge >= 0.3 is 5.97 Å². The van der Waals surface area contributed by atoms with Crippen LogP contribution in [0.5, 0.6) is 0 Å². The number of carbonyl (C=O) groups is 2. The number of hydrogen-bond donors (Lipinski definition) is 1. The van der Waals surface area contributed by atoms with Crippen molar-refractivity contribution in [3.8, 4) is 11.1 Å². The Kier molecular flexibility index (Phi) is 5.85. The molecule has 26 heavy (non-hydrogen) atoms. The number of aliphatic carboxylic acids is 1. The number of amides is 1. The van der Waals surface area contributed by atoms with Crippen LogP contribution in [0.15, 0.2) is 42.5 Å². The maximum absolute atomic E-state index is 11.9. The zero-order valence-electron chi connectivity index (χ0n) is 14.9. The Hall–Kier alpha value is -2.22. The van der Waals surface area contributed by atoms with Crippen LogP contribution in [0.4, 0.5) is 5.69 Å². The molecule has 0 aliphatic carbocycles. The number of carboxylic acids is 1. The van der Waals surface area contributed by atoms with Gasteiger partial charge < -0.3 is 15.2 Å². The summed E-state index contributed by atoms with van der Waals surface area (Å²) in [5, 5.41) is 13.0. The van der Waals surface area contributed by atoms with E-state index in [1.54, 1.807) is 6.08 Å². The van der Waals surface area contributed by atoms with Gasteiger partial charge in [-0.2, -0.15) is 0 Å². The van der Waals surface area contributed by atoms with Gasteiger partial charge in [-0.15, -0.1) is 5.69 Å². The molecule has 0 unspecified atom stereocenters. The third-order valence-electron chi connectivity index (χ3n) is 4.56. The van der Waals surface area contributed by atoms with Gasteiger partial charge in [-0.3, -0.25) is 0 Å². The maximum atomic E-state index is 11.9. The molecular weight excluding hydrogens is 500 g/mol. The van der Waals surface area contributed by atoms with Gasteiger partial charge in [-0.05, 0) is 53.2 Å². The minimum absolute atomic E-state index is 0. The first kappa shape index (κ1) is 20.1. The number of hydrogen-bond acceptors (Lipinski definition) is 2. The van der Waals surface area contributed by atoms with E-state index in [2.05, 4.69) is 19.2 Å². The molecule has 1 radical (unpaired) electrons. The summed E-state index contributed by atoms with van der Waals surface area (Å²) in [5.74, 6) is -1.07. The van der Waals surface area contributed by atoms with Crippen LogP contribution in [0.3, 0.4) is 0 Å². The minimum Gasteiger partial charge on any atom is -0.627 e. The fourth-order valence-corrected chi connectivity index (χ4v) is 3.23. The van der Waals surface area contributed by atoms with Gasteiger partial charge in [0.15, 0.2) is 0 Å². The van der Waals surface area contributed by atoms with Gasteiger partial charge in [-0.25, -0.2) is 4.79 Å². The number of nitrogens with zero attached hydrogens (tertiary/aromatic N) is 1. The fraction of sp³-hybridized carbons (Fsp3) is 0.238. The van der Waals surface area contributed by atoms with E-state index in [1.807, 2.05) is 43.3 Å². The van der Waals surface area contributed by atoms with E-state index in [9.17, 15) is 9.59 Å². The van der Waals surface area contributed by atoms with E-state index in [1.165, 1.54) is 0 Å². The average molecular weight is 521 g/mol. The number of benzene rings is 2. The van der Waals surface area contributed by atoms with Crippen LogP contribution in [0.1, 0.15) is 37.0 Å². The molecule has 0 bridgehead atoms. The molecule has 5 heteroatoms. The predicted octanol–water partition coefficient (Wildman–Crippen LogP) is 4.97. The van der Waals surface area contributed by atoms with Crippen LogP contribution >= 0.6 is 0 Å². The van der Waals surface area contributed by atoms with Gasteiger partial charge in [0.05, 0.1) is 5.91 Å². The number of fused-ring (bicyclic) bond motifs is 1. The average Bonchev–Trinajstić information content (AvgIpc) is 2.52. The molecule has 1 heterocycles. The molecule has 1 N–H and O–H groups in total. The van der Waals surface area contributed by atoms with Crippen LogP contribution in [0.25, 0.3) is 22.5 Å². The normalized spacial score (nSPS) is 15.1. The van der Waals surface area contributed by atoms with Crippen LogP contribution in [-0.2, 0) is 35.4 Å². The number of carboxylic acid groups (broad SMARTS) is 1. The van der Waals surface area contributed by atoms with Crippen LogP contribution < -0.4 is 0 Å². The van der Waals surface area contributed by atoms with Gasteiger partial charge in [0, 0.05) is 26.5 Å². The molecule has 0 aromatic heterocycles. The second kappa shape index (κ2) is 7.57. The quantitative estimate of drug-likeness (QED) is 0.581. The van der Waals surface area contributed by atoms with Crippen LogP contribution in [0, 0.1) is 6.92 Å². The Balaban J connectivity index is 0.00000243. The van der Waals surface area contributed by atoms with Crippen molar-refractivity contribution in [2.75, 3.05) is 0 Å². The summed E-state index contributed by atoms with van der Waals surface area (Å²) >= 11 is 0. The van der Waals surface area contributed by atoms with E-state index in [0.717, 1.165) is 39.6 Å². The Morgan fingerprint density at radius 2 is 1.92 bits per heavy atom. The Morgan fingerprint density at radius 3 is 2.62 bits per heavy atom.